The fourth-order valence-electron chi connectivity index (χ4n) is 1.88. The lowest BCUT2D eigenvalue weighted by molar-refractivity contribution is -0.121. The van der Waals surface area contributed by atoms with Crippen LogP contribution in [0.15, 0.2) is 0 Å². The van der Waals surface area contributed by atoms with E-state index < -0.39 is 0 Å². The van der Waals surface area contributed by atoms with E-state index in [0.29, 0.717) is 38.8 Å². The van der Waals surface area contributed by atoms with E-state index in [4.69, 9.17) is 14.2 Å². The van der Waals surface area contributed by atoms with Crippen LogP contribution in [-0.4, -0.2) is 45.9 Å². The lowest BCUT2D eigenvalue weighted by Gasteiger charge is -2.08. The van der Waals surface area contributed by atoms with E-state index in [1.807, 2.05) is 0 Å². The number of Topliss-reactive ketones (excluding diaryl/α,β-unsaturated/α-hetero) is 1. The van der Waals surface area contributed by atoms with Gasteiger partial charge in [0.1, 0.15) is 5.78 Å². The van der Waals surface area contributed by atoms with Crippen LogP contribution in [0.25, 0.3) is 0 Å². The van der Waals surface area contributed by atoms with Crippen LogP contribution in [0.2, 0.25) is 0 Å². The first-order chi connectivity index (χ1) is 7.84. The molecule has 0 bridgehead atoms. The van der Waals surface area contributed by atoms with Crippen molar-refractivity contribution in [3.63, 3.8) is 0 Å². The van der Waals surface area contributed by atoms with Crippen molar-refractivity contribution in [2.75, 3.05) is 40.1 Å². The van der Waals surface area contributed by atoms with Crippen LogP contribution < -0.4 is 0 Å². The summed E-state index contributed by atoms with van der Waals surface area (Å²) in [5.41, 5.74) is 0. The number of carbonyl (C=O) groups excluding carboxylic acids is 1. The number of hydrogen-bond donors (Lipinski definition) is 0. The van der Waals surface area contributed by atoms with Gasteiger partial charge < -0.3 is 14.2 Å². The van der Waals surface area contributed by atoms with E-state index >= 15 is 0 Å². The van der Waals surface area contributed by atoms with E-state index in [2.05, 4.69) is 0 Å². The fourth-order valence-corrected chi connectivity index (χ4v) is 1.88. The summed E-state index contributed by atoms with van der Waals surface area (Å²) in [4.78, 5) is 11.3. The Balaban J connectivity index is 1.83. The van der Waals surface area contributed by atoms with Gasteiger partial charge in [0.25, 0.3) is 0 Å². The summed E-state index contributed by atoms with van der Waals surface area (Å²) in [5.74, 6) is 0.675. The smallest absolute Gasteiger partial charge is 0.136 e. The van der Waals surface area contributed by atoms with Crippen LogP contribution in [0, 0.1) is 5.92 Å². The summed E-state index contributed by atoms with van der Waals surface area (Å²) >= 11 is 0. The Morgan fingerprint density at radius 3 is 2.44 bits per heavy atom. The molecular formula is C12H22O4. The molecule has 16 heavy (non-hydrogen) atoms. The number of hydrogen-bond acceptors (Lipinski definition) is 4. The van der Waals surface area contributed by atoms with Gasteiger partial charge in [-0.15, -0.1) is 0 Å². The molecule has 1 aliphatic rings. The zero-order valence-electron chi connectivity index (χ0n) is 10.1. The average Bonchev–Trinajstić information content (AvgIpc) is 2.68. The molecule has 94 valence electrons. The number of carbonyl (C=O) groups is 1. The molecule has 0 spiro atoms. The van der Waals surface area contributed by atoms with Crippen molar-refractivity contribution in [2.45, 2.75) is 25.7 Å². The van der Waals surface area contributed by atoms with Gasteiger partial charge in [-0.1, -0.05) is 0 Å². The second kappa shape index (κ2) is 8.67. The maximum atomic E-state index is 11.3. The van der Waals surface area contributed by atoms with Crippen LogP contribution in [0.4, 0.5) is 0 Å². The summed E-state index contributed by atoms with van der Waals surface area (Å²) in [7, 11) is 1.65. The van der Waals surface area contributed by atoms with Crippen molar-refractivity contribution < 1.29 is 19.0 Å². The third kappa shape index (κ3) is 5.58. The standard InChI is InChI=1S/C12H22O4/c1-14-7-8-16-10-9-15-6-5-11-3-2-4-12(11)13/h11H,2-10H2,1H3. The highest BCUT2D eigenvalue weighted by Crippen LogP contribution is 2.23. The van der Waals surface area contributed by atoms with Crippen molar-refractivity contribution in [2.24, 2.45) is 5.92 Å². The molecule has 0 amide bonds. The van der Waals surface area contributed by atoms with Gasteiger partial charge in [0.2, 0.25) is 0 Å². The highest BCUT2D eigenvalue weighted by molar-refractivity contribution is 5.82. The molecule has 0 aromatic carbocycles. The highest BCUT2D eigenvalue weighted by atomic mass is 16.5. The molecule has 1 unspecified atom stereocenters. The first-order valence-corrected chi connectivity index (χ1v) is 6.01. The van der Waals surface area contributed by atoms with E-state index in [-0.39, 0.29) is 5.92 Å². The Kier molecular flexibility index (Phi) is 7.38. The van der Waals surface area contributed by atoms with Crippen LogP contribution >= 0.6 is 0 Å². The minimum Gasteiger partial charge on any atom is -0.382 e. The van der Waals surface area contributed by atoms with Gasteiger partial charge in [0.05, 0.1) is 26.4 Å². The molecule has 0 radical (unpaired) electrons. The SMILES string of the molecule is COCCOCCOCCC1CCCC1=O. The fraction of sp³-hybridized carbons (Fsp3) is 0.917. The first-order valence-electron chi connectivity index (χ1n) is 6.01. The molecule has 0 aliphatic heterocycles. The van der Waals surface area contributed by atoms with E-state index in [1.165, 1.54) is 0 Å². The predicted molar refractivity (Wildman–Crippen MR) is 60.5 cm³/mol. The molecular weight excluding hydrogens is 208 g/mol. The largest absolute Gasteiger partial charge is 0.382 e. The minimum absolute atomic E-state index is 0.259. The van der Waals surface area contributed by atoms with Crippen molar-refractivity contribution >= 4 is 5.78 Å². The van der Waals surface area contributed by atoms with Gasteiger partial charge in [-0.2, -0.15) is 0 Å². The summed E-state index contributed by atoms with van der Waals surface area (Å²) < 4.78 is 15.5. The normalized spacial score (nSPS) is 20.6. The maximum absolute atomic E-state index is 11.3. The van der Waals surface area contributed by atoms with Crippen molar-refractivity contribution in [1.82, 2.24) is 0 Å². The first kappa shape index (κ1) is 13.6. The van der Waals surface area contributed by atoms with Gasteiger partial charge in [-0.3, -0.25) is 4.79 Å². The zero-order valence-corrected chi connectivity index (χ0v) is 10.1. The molecule has 0 aromatic rings. The molecule has 0 saturated heterocycles. The second-order valence-corrected chi connectivity index (χ2v) is 4.06. The monoisotopic (exact) mass is 230 g/mol. The lowest BCUT2D eigenvalue weighted by Crippen LogP contribution is -2.12. The second-order valence-electron chi connectivity index (χ2n) is 4.06. The summed E-state index contributed by atoms with van der Waals surface area (Å²) in [6.07, 6.45) is 3.75. The topological polar surface area (TPSA) is 44.8 Å². The number of ketones is 1. The molecule has 1 aliphatic carbocycles. The van der Waals surface area contributed by atoms with E-state index in [9.17, 15) is 4.79 Å². The number of methoxy groups -OCH3 is 1. The summed E-state index contributed by atoms with van der Waals surface area (Å²) in [5, 5.41) is 0. The van der Waals surface area contributed by atoms with E-state index in [1.54, 1.807) is 7.11 Å². The molecule has 1 rings (SSSR count). The number of ether oxygens (including phenoxy) is 3. The average molecular weight is 230 g/mol. The van der Waals surface area contributed by atoms with Crippen molar-refractivity contribution in [3.05, 3.63) is 0 Å². The molecule has 1 fully saturated rings. The predicted octanol–water partition coefficient (Wildman–Crippen LogP) is 1.43. The molecule has 1 atom stereocenters. The molecule has 0 N–H and O–H groups in total. The highest BCUT2D eigenvalue weighted by Gasteiger charge is 2.23. The van der Waals surface area contributed by atoms with Gasteiger partial charge in [-0.05, 0) is 19.3 Å². The van der Waals surface area contributed by atoms with Gasteiger partial charge in [-0.25, -0.2) is 0 Å². The third-order valence-corrected chi connectivity index (χ3v) is 2.85. The third-order valence-electron chi connectivity index (χ3n) is 2.85. The zero-order chi connectivity index (χ0) is 11.6. The Hall–Kier alpha value is -0.450. The number of rotatable bonds is 9. The molecule has 1 saturated carbocycles. The van der Waals surface area contributed by atoms with Gasteiger partial charge >= 0.3 is 0 Å². The summed E-state index contributed by atoms with van der Waals surface area (Å²) in [6, 6.07) is 0. The minimum atomic E-state index is 0.259. The van der Waals surface area contributed by atoms with Crippen LogP contribution in [0.5, 0.6) is 0 Å². The van der Waals surface area contributed by atoms with Crippen LogP contribution in [0.3, 0.4) is 0 Å². The van der Waals surface area contributed by atoms with Crippen molar-refractivity contribution in [3.8, 4) is 0 Å². The van der Waals surface area contributed by atoms with Crippen molar-refractivity contribution in [1.29, 1.82) is 0 Å². The Morgan fingerprint density at radius 2 is 1.81 bits per heavy atom. The molecule has 0 aromatic heterocycles. The molecule has 4 nitrogen and oxygen atoms in total. The Bertz CT molecular complexity index is 193. The Labute approximate surface area is 97.2 Å². The molecule has 0 heterocycles. The Morgan fingerprint density at radius 1 is 1.12 bits per heavy atom. The van der Waals surface area contributed by atoms with E-state index in [0.717, 1.165) is 25.7 Å². The molecule has 4 heteroatoms. The van der Waals surface area contributed by atoms with Gasteiger partial charge in [0.15, 0.2) is 0 Å². The quantitative estimate of drug-likeness (QED) is 0.562. The summed E-state index contributed by atoms with van der Waals surface area (Å²) in [6.45, 7) is 3.11. The van der Waals surface area contributed by atoms with Crippen LogP contribution in [-0.2, 0) is 19.0 Å². The lowest BCUT2D eigenvalue weighted by atomic mass is 10.0. The van der Waals surface area contributed by atoms with Crippen LogP contribution in [0.1, 0.15) is 25.7 Å². The maximum Gasteiger partial charge on any atom is 0.136 e. The van der Waals surface area contributed by atoms with Gasteiger partial charge in [0, 0.05) is 26.1 Å².